The van der Waals surface area contributed by atoms with Gasteiger partial charge in [-0.3, -0.25) is 59.7 Å². The van der Waals surface area contributed by atoms with Gasteiger partial charge in [-0.1, -0.05) is 6.07 Å². The molecule has 15 heteroatoms. The van der Waals surface area contributed by atoms with Crippen molar-refractivity contribution in [3.05, 3.63) is 82.0 Å². The Bertz CT molecular complexity index is 2160. The SMILES string of the molecule is COc1cc(-c2cn(C)c(=O)c3cnccc23)cc(OC)c1CN1CC[C@H]1C(=O)NNc1cccc2c1C(=O)N([C@H]1CCC(=O)NC1=O)C2=O. The van der Waals surface area contributed by atoms with E-state index in [4.69, 9.17) is 9.47 Å². The van der Waals surface area contributed by atoms with E-state index >= 15 is 0 Å². The van der Waals surface area contributed by atoms with Crippen LogP contribution < -0.4 is 31.2 Å². The van der Waals surface area contributed by atoms with Crippen molar-refractivity contribution in [2.45, 2.75) is 37.9 Å². The van der Waals surface area contributed by atoms with Crippen LogP contribution >= 0.6 is 0 Å². The van der Waals surface area contributed by atoms with Gasteiger partial charge in [0.1, 0.15) is 17.5 Å². The quantitative estimate of drug-likeness (QED) is 0.173. The summed E-state index contributed by atoms with van der Waals surface area (Å²) in [6.07, 6.45) is 5.56. The summed E-state index contributed by atoms with van der Waals surface area (Å²) in [6, 6.07) is 8.52. The van der Waals surface area contributed by atoms with Gasteiger partial charge >= 0.3 is 0 Å². The van der Waals surface area contributed by atoms with E-state index in [1.165, 1.54) is 10.6 Å². The van der Waals surface area contributed by atoms with E-state index in [9.17, 15) is 28.8 Å². The number of aryl methyl sites for hydroxylation is 1. The molecule has 4 aromatic rings. The second-order valence-corrected chi connectivity index (χ2v) is 12.3. The third kappa shape index (κ3) is 5.41. The average Bonchev–Trinajstić information content (AvgIpc) is 3.36. The van der Waals surface area contributed by atoms with Crippen molar-refractivity contribution >= 4 is 46.0 Å². The molecule has 0 bridgehead atoms. The molecule has 3 N–H and O–H groups in total. The van der Waals surface area contributed by atoms with Crippen LogP contribution in [0, 0.1) is 0 Å². The number of hydrogen-bond acceptors (Lipinski definition) is 11. The number of carbonyl (C=O) groups is 5. The summed E-state index contributed by atoms with van der Waals surface area (Å²) < 4.78 is 13.1. The number of imide groups is 2. The molecule has 0 saturated carbocycles. The zero-order valence-corrected chi connectivity index (χ0v) is 27.4. The lowest BCUT2D eigenvalue weighted by Gasteiger charge is -2.40. The minimum Gasteiger partial charge on any atom is -0.496 e. The van der Waals surface area contributed by atoms with Crippen LogP contribution in [0.5, 0.6) is 11.5 Å². The van der Waals surface area contributed by atoms with Gasteiger partial charge in [0.2, 0.25) is 11.8 Å². The highest BCUT2D eigenvalue weighted by molar-refractivity contribution is 6.25. The summed E-state index contributed by atoms with van der Waals surface area (Å²) >= 11 is 0. The average molecular weight is 680 g/mol. The maximum absolute atomic E-state index is 13.4. The number of fused-ring (bicyclic) bond motifs is 2. The second-order valence-electron chi connectivity index (χ2n) is 12.3. The molecule has 0 spiro atoms. The van der Waals surface area contributed by atoms with E-state index in [0.717, 1.165) is 27.0 Å². The number of anilines is 1. The van der Waals surface area contributed by atoms with Crippen LogP contribution in [0.25, 0.3) is 21.9 Å². The van der Waals surface area contributed by atoms with E-state index in [0.29, 0.717) is 36.4 Å². The molecule has 2 fully saturated rings. The fourth-order valence-corrected chi connectivity index (χ4v) is 6.80. The van der Waals surface area contributed by atoms with Crippen molar-refractivity contribution in [2.24, 2.45) is 7.05 Å². The highest BCUT2D eigenvalue weighted by Gasteiger charge is 2.46. The van der Waals surface area contributed by atoms with Gasteiger partial charge in [0, 0.05) is 50.7 Å². The molecule has 3 aliphatic heterocycles. The third-order valence-electron chi connectivity index (χ3n) is 9.49. The van der Waals surface area contributed by atoms with Gasteiger partial charge in [-0.25, -0.2) is 0 Å². The maximum atomic E-state index is 13.4. The number of aromatic nitrogens is 2. The monoisotopic (exact) mass is 679 g/mol. The van der Waals surface area contributed by atoms with Gasteiger partial charge in [0.15, 0.2) is 0 Å². The van der Waals surface area contributed by atoms with E-state index in [1.54, 1.807) is 58.1 Å². The zero-order chi connectivity index (χ0) is 35.3. The first-order chi connectivity index (χ1) is 24.1. The van der Waals surface area contributed by atoms with Crippen molar-refractivity contribution in [1.82, 2.24) is 30.1 Å². The van der Waals surface area contributed by atoms with Crippen molar-refractivity contribution in [3.8, 4) is 22.6 Å². The fraction of sp³-hybridized carbons (Fsp3) is 0.286. The summed E-state index contributed by atoms with van der Waals surface area (Å²) in [6.45, 7) is 0.955. The van der Waals surface area contributed by atoms with Crippen molar-refractivity contribution in [2.75, 3.05) is 26.2 Å². The highest BCUT2D eigenvalue weighted by atomic mass is 16.5. The number of ether oxygens (including phenoxy) is 2. The van der Waals surface area contributed by atoms with Gasteiger partial charge in [0.25, 0.3) is 23.3 Å². The van der Waals surface area contributed by atoms with Crippen molar-refractivity contribution in [1.29, 1.82) is 0 Å². The Morgan fingerprint density at radius 2 is 1.74 bits per heavy atom. The number of benzene rings is 2. The number of rotatable bonds is 9. The molecule has 2 saturated heterocycles. The molecule has 15 nitrogen and oxygen atoms in total. The Morgan fingerprint density at radius 3 is 2.42 bits per heavy atom. The highest BCUT2D eigenvalue weighted by Crippen LogP contribution is 2.39. The maximum Gasteiger partial charge on any atom is 0.264 e. The first kappa shape index (κ1) is 32.5. The Labute approximate surface area is 285 Å². The Hall–Kier alpha value is -6.09. The molecule has 5 heterocycles. The van der Waals surface area contributed by atoms with E-state index in [2.05, 4.69) is 21.2 Å². The summed E-state index contributed by atoms with van der Waals surface area (Å²) in [5.74, 6) is -1.76. The van der Waals surface area contributed by atoms with Gasteiger partial charge in [-0.2, -0.15) is 0 Å². The molecule has 0 aliphatic carbocycles. The van der Waals surface area contributed by atoms with Crippen LogP contribution in [0.2, 0.25) is 0 Å². The summed E-state index contributed by atoms with van der Waals surface area (Å²) in [5, 5.41) is 3.41. The molecule has 2 aromatic heterocycles. The zero-order valence-electron chi connectivity index (χ0n) is 27.4. The van der Waals surface area contributed by atoms with Crippen LogP contribution in [0.3, 0.4) is 0 Å². The molecule has 5 amide bonds. The number of hydrazine groups is 1. The summed E-state index contributed by atoms with van der Waals surface area (Å²) in [4.78, 5) is 83.8. The molecule has 50 heavy (non-hydrogen) atoms. The first-order valence-corrected chi connectivity index (χ1v) is 15.9. The number of carbonyl (C=O) groups excluding carboxylic acids is 5. The van der Waals surface area contributed by atoms with Gasteiger partial charge in [0.05, 0.1) is 48.0 Å². The van der Waals surface area contributed by atoms with Crippen LogP contribution in [0.4, 0.5) is 5.69 Å². The minimum absolute atomic E-state index is 0.00898. The molecule has 7 rings (SSSR count). The minimum atomic E-state index is -1.10. The number of likely N-dealkylation sites (tertiary alicyclic amines) is 1. The molecule has 256 valence electrons. The molecular weight excluding hydrogens is 646 g/mol. The van der Waals surface area contributed by atoms with E-state index in [1.807, 2.05) is 17.0 Å². The molecular formula is C35H33N7O8. The smallest absolute Gasteiger partial charge is 0.264 e. The van der Waals surface area contributed by atoms with Gasteiger partial charge in [-0.15, -0.1) is 0 Å². The lowest BCUT2D eigenvalue weighted by molar-refractivity contribution is -0.136. The lowest BCUT2D eigenvalue weighted by Crippen LogP contribution is -2.56. The number of nitrogens with one attached hydrogen (secondary N) is 3. The summed E-state index contributed by atoms with van der Waals surface area (Å²) in [7, 11) is 4.80. The predicted octanol–water partition coefficient (Wildman–Crippen LogP) is 1.74. The molecule has 3 aliphatic rings. The van der Waals surface area contributed by atoms with Crippen LogP contribution in [-0.2, 0) is 28.0 Å². The number of nitrogens with zero attached hydrogens (tertiary/aromatic N) is 4. The standard InChI is InChI=1S/C35H33N7O8/c1-40-16-22(19-9-11-36-15-21(19)33(40)46)18-13-27(49-2)23(28(14-18)50-3)17-41-12-10-25(41)32(45)39-38-24-6-4-5-20-30(24)35(48)42(34(20)47)26-7-8-29(43)37-31(26)44/h4-6,9,11,13-16,25-26,38H,7-8,10,12,17H2,1-3H3,(H,39,45)(H,37,43,44)/t25-,26-/m0/s1. The number of pyridine rings is 2. The summed E-state index contributed by atoms with van der Waals surface area (Å²) in [5.41, 5.74) is 7.96. The van der Waals surface area contributed by atoms with Crippen molar-refractivity contribution < 1.29 is 33.4 Å². The molecule has 0 unspecified atom stereocenters. The molecule has 2 aromatic carbocycles. The lowest BCUT2D eigenvalue weighted by atomic mass is 9.97. The normalized spacial score (nSPS) is 18.8. The van der Waals surface area contributed by atoms with Crippen LogP contribution in [0.1, 0.15) is 45.5 Å². The van der Waals surface area contributed by atoms with Gasteiger partial charge < -0.3 is 14.0 Å². The largest absolute Gasteiger partial charge is 0.496 e. The molecule has 0 radical (unpaired) electrons. The Kier molecular flexibility index (Phi) is 8.27. The third-order valence-corrected chi connectivity index (χ3v) is 9.49. The first-order valence-electron chi connectivity index (χ1n) is 15.9. The van der Waals surface area contributed by atoms with E-state index < -0.39 is 35.7 Å². The topological polar surface area (TPSA) is 181 Å². The van der Waals surface area contributed by atoms with Crippen LogP contribution in [-0.4, -0.2) is 81.7 Å². The number of amides is 5. The number of methoxy groups -OCH3 is 2. The number of hydrogen-bond donors (Lipinski definition) is 3. The van der Waals surface area contributed by atoms with Crippen molar-refractivity contribution in [3.63, 3.8) is 0 Å². The van der Waals surface area contributed by atoms with Gasteiger partial charge in [-0.05, 0) is 54.1 Å². The Balaban J connectivity index is 1.08. The molecule has 2 atom stereocenters. The predicted molar refractivity (Wildman–Crippen MR) is 179 cm³/mol. The van der Waals surface area contributed by atoms with E-state index in [-0.39, 0.29) is 41.1 Å². The fourth-order valence-electron chi connectivity index (χ4n) is 6.80. The van der Waals surface area contributed by atoms with Crippen LogP contribution in [0.15, 0.2) is 59.8 Å². The second kappa shape index (κ2) is 12.7. The Morgan fingerprint density at radius 1 is 0.980 bits per heavy atom. The number of piperidine rings is 1.